The number of anilines is 1. The summed E-state index contributed by atoms with van der Waals surface area (Å²) in [5.74, 6) is 0.382. The molecule has 1 saturated heterocycles. The Kier molecular flexibility index (Phi) is 6.91. The summed E-state index contributed by atoms with van der Waals surface area (Å²) >= 11 is 11.9. The van der Waals surface area contributed by atoms with E-state index in [-0.39, 0.29) is 11.9 Å². The van der Waals surface area contributed by atoms with Crippen LogP contribution in [0.5, 0.6) is 0 Å². The first-order chi connectivity index (χ1) is 15.8. The summed E-state index contributed by atoms with van der Waals surface area (Å²) in [5.41, 5.74) is 2.73. The van der Waals surface area contributed by atoms with E-state index in [1.165, 1.54) is 0 Å². The van der Waals surface area contributed by atoms with Crippen molar-refractivity contribution < 1.29 is 14.1 Å². The molecule has 1 aliphatic heterocycles. The molecule has 0 saturated carbocycles. The van der Waals surface area contributed by atoms with Crippen molar-refractivity contribution in [3.8, 4) is 11.3 Å². The minimum absolute atomic E-state index is 0.0995. The summed E-state index contributed by atoms with van der Waals surface area (Å²) in [6.45, 7) is 2.67. The van der Waals surface area contributed by atoms with Crippen LogP contribution in [0.1, 0.15) is 24.2 Å². The van der Waals surface area contributed by atoms with E-state index in [2.05, 4.69) is 10.5 Å². The number of nitrogens with one attached hydrogen (secondary N) is 1. The number of aryl methyl sites for hydroxylation is 1. The number of amides is 3. The normalized spacial score (nSPS) is 15.5. The Morgan fingerprint density at radius 1 is 1.12 bits per heavy atom. The van der Waals surface area contributed by atoms with Crippen molar-refractivity contribution in [2.75, 3.05) is 18.9 Å². The molecule has 3 aromatic rings. The van der Waals surface area contributed by atoms with Gasteiger partial charge in [-0.3, -0.25) is 4.79 Å². The molecule has 33 heavy (non-hydrogen) atoms. The van der Waals surface area contributed by atoms with Crippen LogP contribution in [0.25, 0.3) is 11.3 Å². The lowest BCUT2D eigenvalue weighted by molar-refractivity contribution is -0.134. The van der Waals surface area contributed by atoms with Gasteiger partial charge in [-0.25, -0.2) is 4.79 Å². The number of carbonyl (C=O) groups excluding carboxylic acids is 2. The Balaban J connectivity index is 1.47. The molecule has 1 fully saturated rings. The van der Waals surface area contributed by atoms with Gasteiger partial charge in [0.05, 0.1) is 0 Å². The number of urea groups is 1. The number of likely N-dealkylation sites (tertiary alicyclic amines) is 1. The molecule has 1 atom stereocenters. The van der Waals surface area contributed by atoms with Crippen LogP contribution in [-0.2, 0) is 11.3 Å². The summed E-state index contributed by atoms with van der Waals surface area (Å²) in [4.78, 5) is 29.6. The summed E-state index contributed by atoms with van der Waals surface area (Å²) in [6.07, 6.45) is 1.37. The van der Waals surface area contributed by atoms with Gasteiger partial charge in [-0.2, -0.15) is 0 Å². The predicted molar refractivity (Wildman–Crippen MR) is 128 cm³/mol. The van der Waals surface area contributed by atoms with Gasteiger partial charge in [0.25, 0.3) is 0 Å². The van der Waals surface area contributed by atoms with Crippen LogP contribution < -0.4 is 5.32 Å². The van der Waals surface area contributed by atoms with Gasteiger partial charge in [0.15, 0.2) is 5.76 Å². The first kappa shape index (κ1) is 23.1. The molecular formula is C24H24Cl2N4O3. The highest BCUT2D eigenvalue weighted by Crippen LogP contribution is 2.32. The number of nitrogens with zero attached hydrogens (tertiary/aromatic N) is 3. The number of hydrogen-bond donors (Lipinski definition) is 1. The number of carbonyl (C=O) groups is 2. The van der Waals surface area contributed by atoms with Crippen molar-refractivity contribution in [1.29, 1.82) is 0 Å². The van der Waals surface area contributed by atoms with Crippen molar-refractivity contribution >= 4 is 40.8 Å². The van der Waals surface area contributed by atoms with E-state index in [9.17, 15) is 9.59 Å². The second kappa shape index (κ2) is 9.85. The van der Waals surface area contributed by atoms with Crippen LogP contribution in [0, 0.1) is 6.92 Å². The first-order valence-corrected chi connectivity index (χ1v) is 11.4. The summed E-state index contributed by atoms with van der Waals surface area (Å²) < 4.78 is 5.33. The zero-order chi connectivity index (χ0) is 23.5. The lowest BCUT2D eigenvalue weighted by Crippen LogP contribution is -2.47. The lowest BCUT2D eigenvalue weighted by Gasteiger charge is -2.28. The van der Waals surface area contributed by atoms with E-state index in [0.29, 0.717) is 46.7 Å². The SMILES string of the molecule is Cc1onc(-c2ccc(Cl)cc2)c1NC(=O)N1CCC[C@@H]1C(=O)N(C)Cc1ccc(Cl)cc1. The minimum atomic E-state index is -0.526. The predicted octanol–water partition coefficient (Wildman–Crippen LogP) is 5.61. The highest BCUT2D eigenvalue weighted by molar-refractivity contribution is 6.30. The smallest absolute Gasteiger partial charge is 0.322 e. The highest BCUT2D eigenvalue weighted by atomic mass is 35.5. The van der Waals surface area contributed by atoms with Crippen LogP contribution in [0.3, 0.4) is 0 Å². The topological polar surface area (TPSA) is 78.7 Å². The van der Waals surface area contributed by atoms with E-state index < -0.39 is 6.04 Å². The van der Waals surface area contributed by atoms with Crippen LogP contribution in [0.2, 0.25) is 10.0 Å². The number of aromatic nitrogens is 1. The quantitative estimate of drug-likeness (QED) is 0.507. The second-order valence-corrected chi connectivity index (χ2v) is 8.94. The standard InChI is InChI=1S/C24H24Cl2N4O3/c1-15-21(22(28-33-15)17-7-11-19(26)12-8-17)27-24(32)30-13-3-4-20(30)23(31)29(2)14-16-5-9-18(25)10-6-16/h5-12,20H,3-4,13-14H2,1-2H3,(H,27,32)/t20-/m1/s1. The summed E-state index contributed by atoms with van der Waals surface area (Å²) in [5, 5.41) is 8.25. The molecule has 172 valence electrons. The van der Waals surface area contributed by atoms with Gasteiger partial charge in [-0.15, -0.1) is 0 Å². The van der Waals surface area contributed by atoms with E-state index in [0.717, 1.165) is 17.5 Å². The molecule has 2 heterocycles. The zero-order valence-electron chi connectivity index (χ0n) is 18.3. The van der Waals surface area contributed by atoms with Gasteiger partial charge in [-0.1, -0.05) is 52.6 Å². The van der Waals surface area contributed by atoms with Gasteiger partial charge in [-0.05, 0) is 49.6 Å². The number of hydrogen-bond acceptors (Lipinski definition) is 4. The Morgan fingerprint density at radius 3 is 2.42 bits per heavy atom. The molecule has 0 unspecified atom stereocenters. The molecule has 1 aliphatic rings. The van der Waals surface area contributed by atoms with Crippen molar-refractivity contribution in [3.63, 3.8) is 0 Å². The number of benzene rings is 2. The second-order valence-electron chi connectivity index (χ2n) is 8.07. The van der Waals surface area contributed by atoms with Crippen molar-refractivity contribution in [2.45, 2.75) is 32.4 Å². The molecule has 0 radical (unpaired) electrons. The number of likely N-dealkylation sites (N-methyl/N-ethyl adjacent to an activating group) is 1. The maximum Gasteiger partial charge on any atom is 0.322 e. The fraction of sp³-hybridized carbons (Fsp3) is 0.292. The molecule has 3 amide bonds. The van der Waals surface area contributed by atoms with E-state index in [4.69, 9.17) is 27.7 Å². The molecule has 0 spiro atoms. The average molecular weight is 487 g/mol. The third-order valence-electron chi connectivity index (χ3n) is 5.72. The van der Waals surface area contributed by atoms with Gasteiger partial charge in [0.1, 0.15) is 17.4 Å². The van der Waals surface area contributed by atoms with E-state index >= 15 is 0 Å². The van der Waals surface area contributed by atoms with Crippen LogP contribution in [0.15, 0.2) is 53.1 Å². The molecular weight excluding hydrogens is 463 g/mol. The van der Waals surface area contributed by atoms with Crippen molar-refractivity contribution in [3.05, 3.63) is 69.9 Å². The van der Waals surface area contributed by atoms with Gasteiger partial charge in [0.2, 0.25) is 5.91 Å². The Bertz CT molecular complexity index is 1150. The lowest BCUT2D eigenvalue weighted by atomic mass is 10.1. The Labute approximate surface area is 202 Å². The molecule has 0 aliphatic carbocycles. The first-order valence-electron chi connectivity index (χ1n) is 10.6. The van der Waals surface area contributed by atoms with E-state index in [1.54, 1.807) is 48.0 Å². The fourth-order valence-corrected chi connectivity index (χ4v) is 4.22. The Morgan fingerprint density at radius 2 is 1.76 bits per heavy atom. The van der Waals surface area contributed by atoms with Crippen LogP contribution in [0.4, 0.5) is 10.5 Å². The Hall–Kier alpha value is -3.03. The largest absolute Gasteiger partial charge is 0.359 e. The fourth-order valence-electron chi connectivity index (χ4n) is 3.97. The molecule has 4 rings (SSSR count). The molecule has 0 bridgehead atoms. The summed E-state index contributed by atoms with van der Waals surface area (Å²) in [7, 11) is 1.74. The third kappa shape index (κ3) is 5.15. The third-order valence-corrected chi connectivity index (χ3v) is 6.22. The van der Waals surface area contributed by atoms with Gasteiger partial charge < -0.3 is 19.6 Å². The highest BCUT2D eigenvalue weighted by Gasteiger charge is 2.36. The zero-order valence-corrected chi connectivity index (χ0v) is 19.9. The number of rotatable bonds is 5. The number of halogens is 2. The maximum atomic E-state index is 13.2. The van der Waals surface area contributed by atoms with Crippen molar-refractivity contribution in [2.24, 2.45) is 0 Å². The van der Waals surface area contributed by atoms with Crippen LogP contribution >= 0.6 is 23.2 Å². The van der Waals surface area contributed by atoms with E-state index in [1.807, 2.05) is 24.3 Å². The molecule has 1 N–H and O–H groups in total. The van der Waals surface area contributed by atoms with Crippen molar-refractivity contribution in [1.82, 2.24) is 15.0 Å². The summed E-state index contributed by atoms with van der Waals surface area (Å²) in [6, 6.07) is 13.6. The molecule has 7 nitrogen and oxygen atoms in total. The molecule has 2 aromatic carbocycles. The molecule has 1 aromatic heterocycles. The van der Waals surface area contributed by atoms with Crippen LogP contribution in [-0.4, -0.2) is 46.5 Å². The maximum absolute atomic E-state index is 13.2. The monoisotopic (exact) mass is 486 g/mol. The average Bonchev–Trinajstić information content (AvgIpc) is 3.43. The minimum Gasteiger partial charge on any atom is -0.359 e. The van der Waals surface area contributed by atoms with Gasteiger partial charge in [0, 0.05) is 35.7 Å². The molecule has 9 heteroatoms. The van der Waals surface area contributed by atoms with Gasteiger partial charge >= 0.3 is 6.03 Å².